The van der Waals surface area contributed by atoms with Gasteiger partial charge in [0.15, 0.2) is 0 Å². The fraction of sp³-hybridized carbons (Fsp3) is 1.00. The summed E-state index contributed by atoms with van der Waals surface area (Å²) in [5.74, 6) is -0.453. The van der Waals surface area contributed by atoms with E-state index in [9.17, 15) is 0 Å². The quantitative estimate of drug-likeness (QED) is 0.0689. The second-order valence-corrected chi connectivity index (χ2v) is 12.4. The standard InChI is InChI=1S/C33H75N7/c1-14-21-26-35-32(34-25-16-3,39(29-22-15-2)40(30(8)9)31(10)11)23-24-33(36(12)13,37(19-6)20-7)38(27-17-4)28-18-5/h30-31,34-35H,14-29H2,1-13H3. The average Bonchev–Trinajstić information content (AvgIpc) is 2.91. The Balaban J connectivity index is 7.17. The lowest BCUT2D eigenvalue weighted by Gasteiger charge is -2.58. The van der Waals surface area contributed by atoms with Crippen molar-refractivity contribution in [3.05, 3.63) is 0 Å². The lowest BCUT2D eigenvalue weighted by molar-refractivity contribution is -0.197. The molecule has 7 heteroatoms. The molecule has 2 N–H and O–H groups in total. The van der Waals surface area contributed by atoms with Crippen LogP contribution < -0.4 is 10.6 Å². The highest BCUT2D eigenvalue weighted by Crippen LogP contribution is 2.34. The van der Waals surface area contributed by atoms with Gasteiger partial charge in [-0.05, 0) is 113 Å². The average molecular weight is 570 g/mol. The van der Waals surface area contributed by atoms with Gasteiger partial charge in [0, 0.05) is 31.7 Å². The molecule has 0 saturated heterocycles. The molecule has 2 unspecified atom stereocenters. The van der Waals surface area contributed by atoms with Gasteiger partial charge in [0.2, 0.25) is 0 Å². The van der Waals surface area contributed by atoms with E-state index in [0.717, 1.165) is 65.1 Å². The van der Waals surface area contributed by atoms with Crippen LogP contribution in [0.25, 0.3) is 0 Å². The van der Waals surface area contributed by atoms with Gasteiger partial charge >= 0.3 is 0 Å². The molecule has 0 aliphatic carbocycles. The number of hydrogen-bond donors (Lipinski definition) is 2. The molecule has 0 aromatic carbocycles. The zero-order valence-corrected chi connectivity index (χ0v) is 29.7. The lowest BCUT2D eigenvalue weighted by atomic mass is 9.99. The SMILES string of the molecule is CCCCNC(CCC(N(C)C)(N(CC)CC)N(CCC)CCC)(NCCC)N(CCCC)N(C(C)C)C(C)C. The van der Waals surface area contributed by atoms with Crippen molar-refractivity contribution in [1.82, 2.24) is 35.4 Å². The van der Waals surface area contributed by atoms with E-state index in [0.29, 0.717) is 12.1 Å². The summed E-state index contributed by atoms with van der Waals surface area (Å²) in [5.41, 5.74) is 0. The fourth-order valence-electron chi connectivity index (χ4n) is 6.71. The second kappa shape index (κ2) is 21.4. The molecule has 0 bridgehead atoms. The summed E-state index contributed by atoms with van der Waals surface area (Å²) in [4.78, 5) is 8.03. The summed E-state index contributed by atoms with van der Waals surface area (Å²) in [7, 11) is 4.62. The van der Waals surface area contributed by atoms with Crippen LogP contribution in [0.4, 0.5) is 0 Å². The molecule has 40 heavy (non-hydrogen) atoms. The van der Waals surface area contributed by atoms with Crippen molar-refractivity contribution < 1.29 is 0 Å². The van der Waals surface area contributed by atoms with E-state index in [4.69, 9.17) is 0 Å². The predicted molar refractivity (Wildman–Crippen MR) is 178 cm³/mol. The summed E-state index contributed by atoms with van der Waals surface area (Å²) in [6.07, 6.45) is 10.3. The first-order chi connectivity index (χ1) is 19.0. The van der Waals surface area contributed by atoms with Crippen molar-refractivity contribution in [2.75, 3.05) is 59.9 Å². The Kier molecular flexibility index (Phi) is 21.3. The van der Waals surface area contributed by atoms with Gasteiger partial charge in [0.25, 0.3) is 0 Å². The first-order valence-corrected chi connectivity index (χ1v) is 17.3. The maximum absolute atomic E-state index is 4.18. The zero-order chi connectivity index (χ0) is 30.8. The van der Waals surface area contributed by atoms with E-state index >= 15 is 0 Å². The van der Waals surface area contributed by atoms with Crippen LogP contribution >= 0.6 is 0 Å². The molecule has 0 aliphatic rings. The smallest absolute Gasteiger partial charge is 0.139 e. The van der Waals surface area contributed by atoms with Crippen molar-refractivity contribution in [2.45, 2.75) is 158 Å². The van der Waals surface area contributed by atoms with Crippen LogP contribution in [0.3, 0.4) is 0 Å². The van der Waals surface area contributed by atoms with Crippen molar-refractivity contribution >= 4 is 0 Å². The van der Waals surface area contributed by atoms with Gasteiger partial charge in [-0.1, -0.05) is 61.3 Å². The topological polar surface area (TPSA) is 40.3 Å². The number of hydrazine groups is 1. The summed E-state index contributed by atoms with van der Waals surface area (Å²) in [6.45, 7) is 33.1. The van der Waals surface area contributed by atoms with Crippen LogP contribution in [-0.2, 0) is 0 Å². The van der Waals surface area contributed by atoms with Gasteiger partial charge < -0.3 is 0 Å². The number of rotatable bonds is 26. The van der Waals surface area contributed by atoms with Gasteiger partial charge in [-0.3, -0.25) is 25.3 Å². The number of nitrogens with one attached hydrogen (secondary N) is 2. The second-order valence-electron chi connectivity index (χ2n) is 12.4. The van der Waals surface area contributed by atoms with Crippen molar-refractivity contribution in [1.29, 1.82) is 0 Å². The Morgan fingerprint density at radius 2 is 1.10 bits per heavy atom. The largest absolute Gasteiger partial charge is 0.286 e. The molecule has 0 fully saturated rings. The third kappa shape index (κ3) is 11.1. The molecule has 0 saturated carbocycles. The Bertz CT molecular complexity index is 581. The summed E-state index contributed by atoms with van der Waals surface area (Å²) in [5, 5.41) is 13.7. The molecule has 0 spiro atoms. The molecule has 0 aliphatic heterocycles. The fourth-order valence-corrected chi connectivity index (χ4v) is 6.71. The third-order valence-corrected chi connectivity index (χ3v) is 8.42. The molecule has 0 rings (SSSR count). The minimum absolute atomic E-state index is 0.141. The van der Waals surface area contributed by atoms with Crippen molar-refractivity contribution in [3.63, 3.8) is 0 Å². The van der Waals surface area contributed by atoms with Crippen LogP contribution in [0, 0.1) is 0 Å². The number of nitrogens with zero attached hydrogens (tertiary/aromatic N) is 5. The van der Waals surface area contributed by atoms with Crippen molar-refractivity contribution in [2.24, 2.45) is 0 Å². The molecular formula is C33H75N7. The van der Waals surface area contributed by atoms with Gasteiger partial charge in [-0.15, -0.1) is 0 Å². The Labute approximate surface area is 252 Å². The molecule has 0 aromatic heterocycles. The van der Waals surface area contributed by atoms with Gasteiger partial charge in [-0.25, -0.2) is 10.0 Å². The minimum atomic E-state index is -0.312. The molecule has 0 radical (unpaired) electrons. The van der Waals surface area contributed by atoms with E-state index in [1.807, 2.05) is 0 Å². The van der Waals surface area contributed by atoms with Crippen molar-refractivity contribution in [3.8, 4) is 0 Å². The Hall–Kier alpha value is -0.280. The normalized spacial score (nSPS) is 15.9. The molecule has 0 amide bonds. The maximum atomic E-state index is 4.18. The van der Waals surface area contributed by atoms with Crippen LogP contribution in [0.5, 0.6) is 0 Å². The Morgan fingerprint density at radius 3 is 1.50 bits per heavy atom. The predicted octanol–water partition coefficient (Wildman–Crippen LogP) is 6.62. The third-order valence-electron chi connectivity index (χ3n) is 8.42. The summed E-state index contributed by atoms with van der Waals surface area (Å²) >= 11 is 0. The summed E-state index contributed by atoms with van der Waals surface area (Å²) < 4.78 is 0. The highest BCUT2D eigenvalue weighted by molar-refractivity contribution is 4.94. The van der Waals surface area contributed by atoms with Crippen LogP contribution in [0.1, 0.15) is 134 Å². The molecule has 7 nitrogen and oxygen atoms in total. The lowest BCUT2D eigenvalue weighted by Crippen LogP contribution is -2.75. The first-order valence-electron chi connectivity index (χ1n) is 17.3. The van der Waals surface area contributed by atoms with Gasteiger partial charge in [-0.2, -0.15) is 0 Å². The Morgan fingerprint density at radius 1 is 0.575 bits per heavy atom. The molecule has 0 aromatic rings. The van der Waals surface area contributed by atoms with Crippen LogP contribution in [0.15, 0.2) is 0 Å². The molecule has 0 heterocycles. The van der Waals surface area contributed by atoms with E-state index < -0.39 is 0 Å². The van der Waals surface area contributed by atoms with Crippen LogP contribution in [0.2, 0.25) is 0 Å². The number of unbranched alkanes of at least 4 members (excludes halogenated alkanes) is 2. The monoisotopic (exact) mass is 570 g/mol. The minimum Gasteiger partial charge on any atom is -0.286 e. The van der Waals surface area contributed by atoms with E-state index in [-0.39, 0.29) is 11.6 Å². The molecular weight excluding hydrogens is 494 g/mol. The van der Waals surface area contributed by atoms with E-state index in [1.165, 1.54) is 38.5 Å². The summed E-state index contributed by atoms with van der Waals surface area (Å²) in [6, 6.07) is 0.844. The zero-order valence-electron chi connectivity index (χ0n) is 29.7. The molecule has 2 atom stereocenters. The van der Waals surface area contributed by atoms with Crippen LogP contribution in [-0.4, -0.2) is 108 Å². The van der Waals surface area contributed by atoms with E-state index in [2.05, 4.69) is 126 Å². The van der Waals surface area contributed by atoms with E-state index in [1.54, 1.807) is 0 Å². The highest BCUT2D eigenvalue weighted by Gasteiger charge is 2.47. The van der Waals surface area contributed by atoms with Gasteiger partial charge in [0.1, 0.15) is 11.6 Å². The molecule has 242 valence electrons. The first kappa shape index (κ1) is 39.7. The van der Waals surface area contributed by atoms with Gasteiger partial charge in [0.05, 0.1) is 0 Å². The maximum Gasteiger partial charge on any atom is 0.139 e. The highest BCUT2D eigenvalue weighted by atomic mass is 15.7. The number of hydrogen-bond acceptors (Lipinski definition) is 7.